The molecular weight excluding hydrogens is 359 g/mol. The molecule has 0 aromatic heterocycles. The van der Waals surface area contributed by atoms with Crippen molar-refractivity contribution in [3.05, 3.63) is 63.9 Å². The maximum absolute atomic E-state index is 13.2. The molecule has 2 aromatic carbocycles. The molecule has 134 valence electrons. The summed E-state index contributed by atoms with van der Waals surface area (Å²) >= 11 is 6.00. The molecule has 0 aliphatic heterocycles. The first-order chi connectivity index (χ1) is 11.8. The van der Waals surface area contributed by atoms with Crippen molar-refractivity contribution >= 4 is 23.2 Å². The number of halogens is 4. The Bertz CT molecular complexity index is 763. The normalized spacial score (nSPS) is 12.1. The number of nitrogens with one attached hydrogen (secondary N) is 1. The van der Waals surface area contributed by atoms with E-state index in [2.05, 4.69) is 5.32 Å². The molecule has 3 N–H and O–H groups in total. The van der Waals surface area contributed by atoms with Crippen molar-refractivity contribution in [2.45, 2.75) is 18.9 Å². The van der Waals surface area contributed by atoms with Crippen LogP contribution in [0.1, 0.15) is 34.9 Å². The summed E-state index contributed by atoms with van der Waals surface area (Å²) in [7, 11) is 0. The summed E-state index contributed by atoms with van der Waals surface area (Å²) in [5, 5.41) is 21.4. The number of aliphatic hydroxyl groups is 2. The van der Waals surface area contributed by atoms with Crippen LogP contribution in [0.25, 0.3) is 0 Å². The minimum atomic E-state index is -1.63. The number of anilines is 1. The zero-order valence-corrected chi connectivity index (χ0v) is 13.7. The SMILES string of the molecule is O=C(Nc1cc(F)c(F)c(F)c1)c1ccc(Cl)c(C(O)CCCO)c1. The van der Waals surface area contributed by atoms with E-state index in [0.29, 0.717) is 24.1 Å². The van der Waals surface area contributed by atoms with Crippen LogP contribution < -0.4 is 5.32 Å². The summed E-state index contributed by atoms with van der Waals surface area (Å²) < 4.78 is 39.3. The molecule has 0 saturated heterocycles. The first-order valence-electron chi connectivity index (χ1n) is 7.37. The molecule has 0 fully saturated rings. The highest BCUT2D eigenvalue weighted by Gasteiger charge is 2.16. The molecule has 0 bridgehead atoms. The number of rotatable bonds is 6. The molecule has 0 saturated carbocycles. The van der Waals surface area contributed by atoms with Crippen LogP contribution in [-0.4, -0.2) is 22.7 Å². The molecule has 0 spiro atoms. The Morgan fingerprint density at radius 1 is 1.16 bits per heavy atom. The van der Waals surface area contributed by atoms with Crippen LogP contribution in [0.15, 0.2) is 30.3 Å². The monoisotopic (exact) mass is 373 g/mol. The van der Waals surface area contributed by atoms with E-state index in [-0.39, 0.29) is 29.3 Å². The van der Waals surface area contributed by atoms with E-state index in [1.807, 2.05) is 0 Å². The molecule has 0 aliphatic rings. The molecule has 2 aromatic rings. The smallest absolute Gasteiger partial charge is 0.255 e. The van der Waals surface area contributed by atoms with E-state index >= 15 is 0 Å². The number of hydrogen-bond donors (Lipinski definition) is 3. The minimum absolute atomic E-state index is 0.0904. The molecule has 1 atom stereocenters. The van der Waals surface area contributed by atoms with Gasteiger partial charge in [0.15, 0.2) is 17.5 Å². The highest BCUT2D eigenvalue weighted by molar-refractivity contribution is 6.31. The Kier molecular flexibility index (Phi) is 6.41. The van der Waals surface area contributed by atoms with Gasteiger partial charge in [0.25, 0.3) is 5.91 Å². The second-order valence-electron chi connectivity index (χ2n) is 5.33. The van der Waals surface area contributed by atoms with Crippen LogP contribution in [0, 0.1) is 17.5 Å². The summed E-state index contributed by atoms with van der Waals surface area (Å²) in [6.07, 6.45) is -0.384. The van der Waals surface area contributed by atoms with Gasteiger partial charge in [-0.3, -0.25) is 4.79 Å². The van der Waals surface area contributed by atoms with Gasteiger partial charge in [-0.2, -0.15) is 0 Å². The first-order valence-corrected chi connectivity index (χ1v) is 7.75. The second-order valence-corrected chi connectivity index (χ2v) is 5.73. The number of benzene rings is 2. The van der Waals surface area contributed by atoms with E-state index in [1.165, 1.54) is 18.2 Å². The lowest BCUT2D eigenvalue weighted by Crippen LogP contribution is -2.13. The van der Waals surface area contributed by atoms with E-state index in [9.17, 15) is 23.1 Å². The largest absolute Gasteiger partial charge is 0.396 e. The molecular formula is C17H15ClF3NO3. The lowest BCUT2D eigenvalue weighted by molar-refractivity contribution is 0.102. The van der Waals surface area contributed by atoms with E-state index in [1.54, 1.807) is 0 Å². The highest BCUT2D eigenvalue weighted by Crippen LogP contribution is 2.27. The number of aliphatic hydroxyl groups excluding tert-OH is 2. The molecule has 8 heteroatoms. The van der Waals surface area contributed by atoms with Gasteiger partial charge in [0.05, 0.1) is 6.10 Å². The van der Waals surface area contributed by atoms with Gasteiger partial charge >= 0.3 is 0 Å². The lowest BCUT2D eigenvalue weighted by atomic mass is 10.0. The second kappa shape index (κ2) is 8.33. The zero-order valence-electron chi connectivity index (χ0n) is 12.9. The van der Waals surface area contributed by atoms with Crippen molar-refractivity contribution in [2.24, 2.45) is 0 Å². The van der Waals surface area contributed by atoms with Crippen LogP contribution >= 0.6 is 11.6 Å². The highest BCUT2D eigenvalue weighted by atomic mass is 35.5. The van der Waals surface area contributed by atoms with Crippen molar-refractivity contribution in [2.75, 3.05) is 11.9 Å². The van der Waals surface area contributed by atoms with Gasteiger partial charge in [0.2, 0.25) is 0 Å². The molecule has 25 heavy (non-hydrogen) atoms. The molecule has 2 rings (SSSR count). The zero-order chi connectivity index (χ0) is 18.6. The van der Waals surface area contributed by atoms with E-state index < -0.39 is 29.5 Å². The van der Waals surface area contributed by atoms with Crippen LogP contribution in [0.2, 0.25) is 5.02 Å². The molecule has 0 heterocycles. The van der Waals surface area contributed by atoms with Crippen LogP contribution in [-0.2, 0) is 0 Å². The summed E-state index contributed by atoms with van der Waals surface area (Å²) in [6, 6.07) is 5.43. The van der Waals surface area contributed by atoms with E-state index in [0.717, 1.165) is 0 Å². The van der Waals surface area contributed by atoms with E-state index in [4.69, 9.17) is 16.7 Å². The topological polar surface area (TPSA) is 69.6 Å². The molecule has 1 amide bonds. The third-order valence-electron chi connectivity index (χ3n) is 3.49. The van der Waals surface area contributed by atoms with Gasteiger partial charge in [-0.25, -0.2) is 13.2 Å². The Morgan fingerprint density at radius 2 is 1.80 bits per heavy atom. The summed E-state index contributed by atoms with van der Waals surface area (Å²) in [5.41, 5.74) is 0.130. The predicted molar refractivity (Wildman–Crippen MR) is 87.0 cm³/mol. The molecule has 0 radical (unpaired) electrons. The minimum Gasteiger partial charge on any atom is -0.396 e. The van der Waals surface area contributed by atoms with Gasteiger partial charge in [0, 0.05) is 35.0 Å². The number of amides is 1. The van der Waals surface area contributed by atoms with Crippen molar-refractivity contribution in [1.82, 2.24) is 0 Å². The Hall–Kier alpha value is -2.09. The third-order valence-corrected chi connectivity index (χ3v) is 3.84. The standard InChI is InChI=1S/C17H15ClF3NO3/c18-12-4-3-9(6-11(12)15(24)2-1-5-23)17(25)22-10-7-13(19)16(21)14(20)8-10/h3-4,6-8,15,23-24H,1-2,5H2,(H,22,25). The summed E-state index contributed by atoms with van der Waals surface area (Å²) in [5.74, 6) is -5.19. The number of carbonyl (C=O) groups is 1. The Labute approximate surface area is 146 Å². The average molecular weight is 374 g/mol. The van der Waals surface area contributed by atoms with Gasteiger partial charge in [-0.05, 0) is 36.6 Å². The van der Waals surface area contributed by atoms with Gasteiger partial charge in [-0.1, -0.05) is 11.6 Å². The quantitative estimate of drug-likeness (QED) is 0.674. The summed E-state index contributed by atoms with van der Waals surface area (Å²) in [6.45, 7) is -0.101. The summed E-state index contributed by atoms with van der Waals surface area (Å²) in [4.78, 5) is 12.2. The third kappa shape index (κ3) is 4.72. The van der Waals surface area contributed by atoms with Crippen molar-refractivity contribution in [1.29, 1.82) is 0 Å². The van der Waals surface area contributed by atoms with Crippen molar-refractivity contribution in [3.8, 4) is 0 Å². The predicted octanol–water partition coefficient (Wildman–Crippen LogP) is 3.82. The average Bonchev–Trinajstić information content (AvgIpc) is 2.57. The lowest BCUT2D eigenvalue weighted by Gasteiger charge is -2.14. The van der Waals surface area contributed by atoms with Gasteiger partial charge in [-0.15, -0.1) is 0 Å². The van der Waals surface area contributed by atoms with Crippen LogP contribution in [0.5, 0.6) is 0 Å². The maximum atomic E-state index is 13.2. The Balaban J connectivity index is 2.22. The van der Waals surface area contributed by atoms with Crippen molar-refractivity contribution in [3.63, 3.8) is 0 Å². The van der Waals surface area contributed by atoms with Crippen LogP contribution in [0.4, 0.5) is 18.9 Å². The number of carbonyl (C=O) groups excluding carboxylic acids is 1. The van der Waals surface area contributed by atoms with Crippen molar-refractivity contribution < 1.29 is 28.2 Å². The fourth-order valence-corrected chi connectivity index (χ4v) is 2.45. The van der Waals surface area contributed by atoms with Crippen LogP contribution in [0.3, 0.4) is 0 Å². The molecule has 0 aliphatic carbocycles. The van der Waals surface area contributed by atoms with Gasteiger partial charge < -0.3 is 15.5 Å². The Morgan fingerprint density at radius 3 is 2.40 bits per heavy atom. The fraction of sp³-hybridized carbons (Fsp3) is 0.235. The first kappa shape index (κ1) is 19.2. The molecule has 1 unspecified atom stereocenters. The maximum Gasteiger partial charge on any atom is 0.255 e. The number of hydrogen-bond acceptors (Lipinski definition) is 3. The fourth-order valence-electron chi connectivity index (χ4n) is 2.21. The van der Waals surface area contributed by atoms with Gasteiger partial charge in [0.1, 0.15) is 0 Å². The molecule has 4 nitrogen and oxygen atoms in total.